The van der Waals surface area contributed by atoms with E-state index in [0.29, 0.717) is 33.7 Å². The second kappa shape index (κ2) is 7.03. The van der Waals surface area contributed by atoms with Gasteiger partial charge >= 0.3 is 0 Å². The summed E-state index contributed by atoms with van der Waals surface area (Å²) in [5.74, 6) is 1.33. The van der Waals surface area contributed by atoms with E-state index in [9.17, 15) is 8.42 Å². The van der Waals surface area contributed by atoms with Crippen LogP contribution < -0.4 is 9.47 Å². The van der Waals surface area contributed by atoms with Crippen molar-refractivity contribution < 1.29 is 17.9 Å². The fourth-order valence-electron chi connectivity index (χ4n) is 2.37. The minimum atomic E-state index is -3.63. The molecule has 1 heterocycles. The van der Waals surface area contributed by atoms with Crippen LogP contribution >= 0.6 is 31.9 Å². The molecule has 0 saturated heterocycles. The Labute approximate surface area is 157 Å². The molecule has 0 spiro atoms. The van der Waals surface area contributed by atoms with Crippen LogP contribution in [0.5, 0.6) is 11.5 Å². The molecule has 0 radical (unpaired) electrons. The largest absolute Gasteiger partial charge is 0.486 e. The SMILES string of the molecule is CN(Cc1ccc2c(c1)OCCO2)S(=O)(=O)c1cc(Br)ccc1Br. The zero-order valence-electron chi connectivity index (χ0n) is 12.8. The van der Waals surface area contributed by atoms with E-state index in [2.05, 4.69) is 31.9 Å². The van der Waals surface area contributed by atoms with Gasteiger partial charge in [0, 0.05) is 22.5 Å². The highest BCUT2D eigenvalue weighted by molar-refractivity contribution is 9.11. The zero-order chi connectivity index (χ0) is 17.3. The number of nitrogens with zero attached hydrogens (tertiary/aromatic N) is 1. The van der Waals surface area contributed by atoms with Crippen LogP contribution in [0.15, 0.2) is 50.2 Å². The highest BCUT2D eigenvalue weighted by Gasteiger charge is 2.24. The van der Waals surface area contributed by atoms with Crippen LogP contribution in [0.4, 0.5) is 0 Å². The van der Waals surface area contributed by atoms with E-state index in [1.54, 1.807) is 31.3 Å². The Bertz CT molecular complexity index is 870. The minimum Gasteiger partial charge on any atom is -0.486 e. The lowest BCUT2D eigenvalue weighted by Crippen LogP contribution is -2.27. The molecule has 0 saturated carbocycles. The number of ether oxygens (including phenoxy) is 2. The third kappa shape index (κ3) is 3.61. The molecule has 1 aliphatic heterocycles. The van der Waals surface area contributed by atoms with E-state index >= 15 is 0 Å². The van der Waals surface area contributed by atoms with Gasteiger partial charge in [-0.15, -0.1) is 0 Å². The molecule has 0 amide bonds. The predicted molar refractivity (Wildman–Crippen MR) is 97.9 cm³/mol. The van der Waals surface area contributed by atoms with Crippen LogP contribution in [0.3, 0.4) is 0 Å². The van der Waals surface area contributed by atoms with Gasteiger partial charge in [0.15, 0.2) is 11.5 Å². The molecule has 1 aliphatic rings. The van der Waals surface area contributed by atoms with Gasteiger partial charge < -0.3 is 9.47 Å². The molecule has 5 nitrogen and oxygen atoms in total. The Kier molecular flexibility index (Phi) is 5.19. The van der Waals surface area contributed by atoms with E-state index in [0.717, 1.165) is 5.56 Å². The molecule has 0 aliphatic carbocycles. The van der Waals surface area contributed by atoms with E-state index < -0.39 is 10.0 Å². The first-order valence-corrected chi connectivity index (χ1v) is 10.2. The fourth-order valence-corrected chi connectivity index (χ4v) is 4.99. The lowest BCUT2D eigenvalue weighted by Gasteiger charge is -2.21. The van der Waals surface area contributed by atoms with E-state index in [4.69, 9.17) is 9.47 Å². The molecule has 128 valence electrons. The smallest absolute Gasteiger partial charge is 0.244 e. The van der Waals surface area contributed by atoms with Crippen LogP contribution in [0, 0.1) is 0 Å². The third-order valence-electron chi connectivity index (χ3n) is 3.59. The van der Waals surface area contributed by atoms with Crippen molar-refractivity contribution in [2.75, 3.05) is 20.3 Å². The molecule has 0 bridgehead atoms. The number of fused-ring (bicyclic) bond motifs is 1. The van der Waals surface area contributed by atoms with Gasteiger partial charge in [-0.3, -0.25) is 0 Å². The van der Waals surface area contributed by atoms with Crippen LogP contribution in [0.25, 0.3) is 0 Å². The van der Waals surface area contributed by atoms with E-state index in [-0.39, 0.29) is 11.4 Å². The first kappa shape index (κ1) is 17.7. The normalized spacial score (nSPS) is 14.0. The molecule has 0 unspecified atom stereocenters. The first-order valence-electron chi connectivity index (χ1n) is 7.18. The van der Waals surface area contributed by atoms with Crippen molar-refractivity contribution in [1.29, 1.82) is 0 Å². The monoisotopic (exact) mass is 475 g/mol. The van der Waals surface area contributed by atoms with Crippen molar-refractivity contribution >= 4 is 41.9 Å². The molecule has 24 heavy (non-hydrogen) atoms. The molecule has 0 fully saturated rings. The average molecular weight is 477 g/mol. The number of hydrogen-bond donors (Lipinski definition) is 0. The standard InChI is InChI=1S/C16H15Br2NO4S/c1-19(24(20,21)16-9-12(17)3-4-13(16)18)10-11-2-5-14-15(8-11)23-7-6-22-14/h2-5,8-9H,6-7,10H2,1H3. The molecule has 2 aromatic rings. The molecule has 2 aromatic carbocycles. The Morgan fingerprint density at radius 1 is 1.04 bits per heavy atom. The molecule has 0 N–H and O–H groups in total. The highest BCUT2D eigenvalue weighted by Crippen LogP contribution is 2.32. The van der Waals surface area contributed by atoms with Gasteiger partial charge in [-0.2, -0.15) is 4.31 Å². The Morgan fingerprint density at radius 2 is 1.75 bits per heavy atom. The van der Waals surface area contributed by atoms with E-state index in [1.165, 1.54) is 4.31 Å². The van der Waals surface area contributed by atoms with E-state index in [1.807, 2.05) is 12.1 Å². The molecule has 3 rings (SSSR count). The zero-order valence-corrected chi connectivity index (χ0v) is 16.8. The van der Waals surface area contributed by atoms with Crippen LogP contribution in [0.1, 0.15) is 5.56 Å². The molecule has 0 atom stereocenters. The lowest BCUT2D eigenvalue weighted by molar-refractivity contribution is 0.171. The molecular formula is C16H15Br2NO4S. The lowest BCUT2D eigenvalue weighted by atomic mass is 10.2. The third-order valence-corrected chi connectivity index (χ3v) is 6.88. The summed E-state index contributed by atoms with van der Waals surface area (Å²) in [6.07, 6.45) is 0. The second-order valence-electron chi connectivity index (χ2n) is 5.31. The summed E-state index contributed by atoms with van der Waals surface area (Å²) in [6.45, 7) is 1.26. The number of hydrogen-bond acceptors (Lipinski definition) is 4. The Balaban J connectivity index is 1.86. The Hall–Kier alpha value is -1.09. The van der Waals surface area contributed by atoms with Crippen LogP contribution in [-0.2, 0) is 16.6 Å². The van der Waals surface area contributed by atoms with Gasteiger partial charge in [0.25, 0.3) is 0 Å². The summed E-state index contributed by atoms with van der Waals surface area (Å²) < 4.78 is 39.2. The predicted octanol–water partition coefficient (Wildman–Crippen LogP) is 3.80. The van der Waals surface area contributed by atoms with Crippen LogP contribution in [0.2, 0.25) is 0 Å². The molecule has 8 heteroatoms. The maximum Gasteiger partial charge on any atom is 0.244 e. The van der Waals surface area contributed by atoms with Crippen molar-refractivity contribution in [3.63, 3.8) is 0 Å². The Morgan fingerprint density at radius 3 is 2.50 bits per heavy atom. The number of halogens is 2. The summed E-state index contributed by atoms with van der Waals surface area (Å²) in [4.78, 5) is 0.219. The van der Waals surface area contributed by atoms with Gasteiger partial charge in [-0.1, -0.05) is 22.0 Å². The maximum absolute atomic E-state index is 12.8. The van der Waals surface area contributed by atoms with Crippen molar-refractivity contribution in [3.05, 3.63) is 50.9 Å². The van der Waals surface area contributed by atoms with Gasteiger partial charge in [0.2, 0.25) is 10.0 Å². The fraction of sp³-hybridized carbons (Fsp3) is 0.250. The summed E-state index contributed by atoms with van der Waals surface area (Å²) >= 11 is 6.62. The molecular weight excluding hydrogens is 462 g/mol. The van der Waals surface area contributed by atoms with Crippen LogP contribution in [-0.4, -0.2) is 33.0 Å². The van der Waals surface area contributed by atoms with Crippen molar-refractivity contribution in [3.8, 4) is 11.5 Å². The van der Waals surface area contributed by atoms with Crippen molar-refractivity contribution in [2.45, 2.75) is 11.4 Å². The number of benzene rings is 2. The maximum atomic E-state index is 12.8. The van der Waals surface area contributed by atoms with Crippen molar-refractivity contribution in [2.24, 2.45) is 0 Å². The quantitative estimate of drug-likeness (QED) is 0.673. The highest BCUT2D eigenvalue weighted by atomic mass is 79.9. The van der Waals surface area contributed by atoms with Gasteiger partial charge in [0.05, 0.1) is 4.90 Å². The average Bonchev–Trinajstić information content (AvgIpc) is 2.56. The topological polar surface area (TPSA) is 55.8 Å². The van der Waals surface area contributed by atoms with Gasteiger partial charge in [-0.05, 0) is 51.8 Å². The van der Waals surface area contributed by atoms with Gasteiger partial charge in [0.1, 0.15) is 13.2 Å². The summed E-state index contributed by atoms with van der Waals surface area (Å²) in [6, 6.07) is 10.5. The summed E-state index contributed by atoms with van der Waals surface area (Å²) in [5.41, 5.74) is 0.830. The second-order valence-corrected chi connectivity index (χ2v) is 9.10. The number of rotatable bonds is 4. The minimum absolute atomic E-state index is 0.219. The summed E-state index contributed by atoms with van der Waals surface area (Å²) in [7, 11) is -2.07. The molecule has 0 aromatic heterocycles. The first-order chi connectivity index (χ1) is 11.4. The van der Waals surface area contributed by atoms with Gasteiger partial charge in [-0.25, -0.2) is 8.42 Å². The summed E-state index contributed by atoms with van der Waals surface area (Å²) in [5, 5.41) is 0. The number of sulfonamides is 1. The van der Waals surface area contributed by atoms with Crippen molar-refractivity contribution in [1.82, 2.24) is 4.31 Å².